The topological polar surface area (TPSA) is 65.2 Å². The van der Waals surface area contributed by atoms with Crippen molar-refractivity contribution in [2.75, 3.05) is 12.3 Å². The van der Waals surface area contributed by atoms with E-state index in [-0.39, 0.29) is 5.97 Å². The molecule has 0 saturated carbocycles. The zero-order valence-electron chi connectivity index (χ0n) is 13.4. The van der Waals surface area contributed by atoms with Crippen LogP contribution in [-0.4, -0.2) is 17.6 Å². The highest BCUT2D eigenvalue weighted by atomic mass is 32.1. The Balaban J connectivity index is 2.03. The molecule has 0 saturated heterocycles. The molecule has 2 N–H and O–H groups in total. The summed E-state index contributed by atoms with van der Waals surface area (Å²) in [5, 5.41) is 3.00. The van der Waals surface area contributed by atoms with Crippen LogP contribution in [0.5, 0.6) is 0 Å². The van der Waals surface area contributed by atoms with Gasteiger partial charge in [0.15, 0.2) is 0 Å². The summed E-state index contributed by atoms with van der Waals surface area (Å²) in [4.78, 5) is 19.6. The highest BCUT2D eigenvalue weighted by Gasteiger charge is 2.26. The predicted molar refractivity (Wildman–Crippen MR) is 99.9 cm³/mol. The van der Waals surface area contributed by atoms with Gasteiger partial charge in [0.05, 0.1) is 12.3 Å². The van der Waals surface area contributed by atoms with Gasteiger partial charge in [0, 0.05) is 21.5 Å². The molecule has 0 amide bonds. The minimum absolute atomic E-state index is 0.341. The van der Waals surface area contributed by atoms with E-state index in [4.69, 9.17) is 15.5 Å². The van der Waals surface area contributed by atoms with E-state index in [9.17, 15) is 4.79 Å². The number of ether oxygens (including phenoxy) is 1. The summed E-state index contributed by atoms with van der Waals surface area (Å²) in [6.07, 6.45) is 4.36. The molecule has 0 atom stereocenters. The summed E-state index contributed by atoms with van der Waals surface area (Å²) in [7, 11) is 0. The number of carbonyl (C=O) groups is 1. The number of pyridine rings is 1. The fraction of sp³-hybridized carbons (Fsp3) is 0.333. The Morgan fingerprint density at radius 2 is 2.21 bits per heavy atom. The van der Waals surface area contributed by atoms with Gasteiger partial charge in [-0.25, -0.2) is 9.78 Å². The van der Waals surface area contributed by atoms with Gasteiger partial charge in [-0.1, -0.05) is 6.07 Å². The van der Waals surface area contributed by atoms with E-state index in [0.717, 1.165) is 28.8 Å². The van der Waals surface area contributed by atoms with Gasteiger partial charge in [-0.05, 0) is 49.6 Å². The average molecular weight is 358 g/mol. The number of aromatic nitrogens is 1. The maximum Gasteiger partial charge on any atom is 0.350 e. The summed E-state index contributed by atoms with van der Waals surface area (Å²) in [6.45, 7) is 2.14. The van der Waals surface area contributed by atoms with Crippen LogP contribution in [0.2, 0.25) is 0 Å². The lowest BCUT2D eigenvalue weighted by Crippen LogP contribution is -2.08. The predicted octanol–water partition coefficient (Wildman–Crippen LogP) is 4.66. The molecule has 1 aliphatic carbocycles. The Kier molecular flexibility index (Phi) is 4.02. The van der Waals surface area contributed by atoms with E-state index in [1.165, 1.54) is 40.2 Å². The molecule has 0 fully saturated rings. The first kappa shape index (κ1) is 15.6. The third kappa shape index (κ3) is 2.41. The summed E-state index contributed by atoms with van der Waals surface area (Å²) >= 11 is 3.06. The van der Waals surface area contributed by atoms with E-state index in [2.05, 4.69) is 17.5 Å². The zero-order chi connectivity index (χ0) is 16.7. The van der Waals surface area contributed by atoms with Gasteiger partial charge in [0.1, 0.15) is 9.71 Å². The molecule has 3 aromatic rings. The minimum Gasteiger partial charge on any atom is -0.462 e. The van der Waals surface area contributed by atoms with Crippen molar-refractivity contribution in [3.05, 3.63) is 33.6 Å². The van der Waals surface area contributed by atoms with Crippen molar-refractivity contribution in [1.82, 2.24) is 4.98 Å². The third-order valence-electron chi connectivity index (χ3n) is 4.38. The molecule has 0 aliphatic heterocycles. The van der Waals surface area contributed by atoms with Crippen LogP contribution in [0.25, 0.3) is 20.7 Å². The molecule has 0 unspecified atom stereocenters. The molecule has 4 rings (SSSR count). The van der Waals surface area contributed by atoms with E-state index < -0.39 is 0 Å². The highest BCUT2D eigenvalue weighted by molar-refractivity contribution is 7.21. The number of nitrogen functional groups attached to an aromatic ring is 1. The van der Waals surface area contributed by atoms with Gasteiger partial charge in [-0.2, -0.15) is 0 Å². The normalized spacial score (nSPS) is 13.9. The van der Waals surface area contributed by atoms with Crippen LogP contribution < -0.4 is 5.73 Å². The number of rotatable bonds is 3. The first-order valence-electron chi connectivity index (χ1n) is 8.15. The molecule has 0 radical (unpaired) electrons. The van der Waals surface area contributed by atoms with Crippen molar-refractivity contribution in [1.29, 1.82) is 0 Å². The van der Waals surface area contributed by atoms with Crippen LogP contribution in [0.15, 0.2) is 17.5 Å². The molecule has 124 valence electrons. The van der Waals surface area contributed by atoms with Crippen LogP contribution in [0.1, 0.15) is 40.7 Å². The fourth-order valence-corrected chi connectivity index (χ4v) is 5.17. The van der Waals surface area contributed by atoms with Crippen LogP contribution in [0, 0.1) is 0 Å². The standard InChI is InChI=1S/C18H18N2O2S2/c1-2-22-18(21)16-15(19)14-13(12-8-5-9-23-12)10-6-3-4-7-11(10)20-17(14)24-16/h5,8-9H,2-4,6-7,19H2,1H3. The monoisotopic (exact) mass is 358 g/mol. The van der Waals surface area contributed by atoms with Crippen molar-refractivity contribution in [2.24, 2.45) is 0 Å². The summed E-state index contributed by atoms with van der Waals surface area (Å²) < 4.78 is 5.16. The number of nitrogens with zero attached hydrogens (tertiary/aromatic N) is 1. The molecular formula is C18H18N2O2S2. The van der Waals surface area contributed by atoms with Crippen molar-refractivity contribution in [2.45, 2.75) is 32.6 Å². The number of fused-ring (bicyclic) bond motifs is 2. The molecule has 0 bridgehead atoms. The number of hydrogen-bond donors (Lipinski definition) is 1. The van der Waals surface area contributed by atoms with Crippen molar-refractivity contribution < 1.29 is 9.53 Å². The number of esters is 1. The van der Waals surface area contributed by atoms with Crippen LogP contribution in [-0.2, 0) is 17.6 Å². The smallest absolute Gasteiger partial charge is 0.350 e. The van der Waals surface area contributed by atoms with Crippen LogP contribution in [0.3, 0.4) is 0 Å². The number of aryl methyl sites for hydroxylation is 1. The molecule has 0 spiro atoms. The Hall–Kier alpha value is -1.92. The first-order chi connectivity index (χ1) is 11.7. The Morgan fingerprint density at radius 3 is 2.96 bits per heavy atom. The highest BCUT2D eigenvalue weighted by Crippen LogP contribution is 2.45. The van der Waals surface area contributed by atoms with Crippen LogP contribution in [0.4, 0.5) is 5.69 Å². The second-order valence-electron chi connectivity index (χ2n) is 5.84. The van der Waals surface area contributed by atoms with E-state index in [1.807, 2.05) is 0 Å². The minimum atomic E-state index is -0.354. The van der Waals surface area contributed by atoms with Gasteiger partial charge < -0.3 is 10.5 Å². The molecule has 4 nitrogen and oxygen atoms in total. The second kappa shape index (κ2) is 6.18. The molecule has 1 aliphatic rings. The van der Waals surface area contributed by atoms with E-state index >= 15 is 0 Å². The van der Waals surface area contributed by atoms with Crippen molar-refractivity contribution >= 4 is 44.5 Å². The van der Waals surface area contributed by atoms with Crippen molar-refractivity contribution in [3.8, 4) is 10.4 Å². The second-order valence-corrected chi connectivity index (χ2v) is 7.79. The summed E-state index contributed by atoms with van der Waals surface area (Å²) in [5.41, 5.74) is 10.5. The Labute approximate surface area is 148 Å². The van der Waals surface area contributed by atoms with Gasteiger partial charge >= 0.3 is 5.97 Å². The van der Waals surface area contributed by atoms with E-state index in [1.54, 1.807) is 18.3 Å². The van der Waals surface area contributed by atoms with Gasteiger partial charge in [0.2, 0.25) is 0 Å². The Bertz CT molecular complexity index is 913. The lowest BCUT2D eigenvalue weighted by Gasteiger charge is -2.19. The largest absolute Gasteiger partial charge is 0.462 e. The number of carbonyl (C=O) groups excluding carboxylic acids is 1. The SMILES string of the molecule is CCOC(=O)c1sc2nc3c(c(-c4cccs4)c2c1N)CCCC3. The van der Waals surface area contributed by atoms with Crippen LogP contribution >= 0.6 is 22.7 Å². The first-order valence-corrected chi connectivity index (χ1v) is 9.85. The molecular weight excluding hydrogens is 340 g/mol. The van der Waals surface area contributed by atoms with E-state index in [0.29, 0.717) is 17.2 Å². The zero-order valence-corrected chi connectivity index (χ0v) is 15.1. The molecule has 24 heavy (non-hydrogen) atoms. The maximum absolute atomic E-state index is 12.2. The van der Waals surface area contributed by atoms with Gasteiger partial charge in [-0.3, -0.25) is 0 Å². The average Bonchev–Trinajstić information content (AvgIpc) is 3.22. The summed E-state index contributed by atoms with van der Waals surface area (Å²) in [5.74, 6) is -0.354. The lowest BCUT2D eigenvalue weighted by molar-refractivity contribution is 0.0533. The quantitative estimate of drug-likeness (QED) is 0.691. The fourth-order valence-electron chi connectivity index (χ4n) is 3.35. The number of anilines is 1. The van der Waals surface area contributed by atoms with Crippen molar-refractivity contribution in [3.63, 3.8) is 0 Å². The summed E-state index contributed by atoms with van der Waals surface area (Å²) in [6, 6.07) is 4.17. The number of hydrogen-bond acceptors (Lipinski definition) is 6. The lowest BCUT2D eigenvalue weighted by atomic mass is 9.90. The van der Waals surface area contributed by atoms with Gasteiger partial charge in [-0.15, -0.1) is 22.7 Å². The molecule has 0 aromatic carbocycles. The molecule has 3 aromatic heterocycles. The molecule has 6 heteroatoms. The maximum atomic E-state index is 12.2. The Morgan fingerprint density at radius 1 is 1.38 bits per heavy atom. The number of nitrogens with two attached hydrogens (primary N) is 1. The molecule has 3 heterocycles. The van der Waals surface area contributed by atoms with Gasteiger partial charge in [0.25, 0.3) is 0 Å². The third-order valence-corrected chi connectivity index (χ3v) is 6.35. The number of thiophene rings is 2.